The number of rotatable bonds is 2. The van der Waals surface area contributed by atoms with Crippen LogP contribution in [0.3, 0.4) is 0 Å². The van der Waals surface area contributed by atoms with Gasteiger partial charge in [-0.05, 0) is 42.4 Å². The molecule has 0 saturated heterocycles. The van der Waals surface area contributed by atoms with Crippen LogP contribution in [0.5, 0.6) is 0 Å². The second-order valence-corrected chi connectivity index (χ2v) is 10.1. The van der Waals surface area contributed by atoms with E-state index in [9.17, 15) is 0 Å². The maximum absolute atomic E-state index is 2.51. The second kappa shape index (κ2) is 12.6. The molecule has 1 heterocycles. The van der Waals surface area contributed by atoms with E-state index in [1.807, 2.05) is 0 Å². The summed E-state index contributed by atoms with van der Waals surface area (Å²) in [7, 11) is -0.360. The standard InChI is InChI=1S/C17H19NSi.C9H7.2ClH.Zr/c1-13-9-14-11-16(12-19(2)3)18(17(14)10-13)15-7-5-4-6-8-15;1-2-5-9-7-3-6-8(9)4-1;;;/h4-12,16H,1-3H3;1-7H;2*1H;/q;-1;;;+3/p-2. The van der Waals surface area contributed by atoms with Crippen LogP contribution in [-0.2, 0) is 26.2 Å². The molecule has 5 heteroatoms. The molecule has 0 fully saturated rings. The van der Waals surface area contributed by atoms with Crippen molar-refractivity contribution in [3.05, 3.63) is 108 Å². The first kappa shape index (κ1) is 27.7. The Morgan fingerprint density at radius 2 is 1.58 bits per heavy atom. The third-order valence-electron chi connectivity index (χ3n) is 5.04. The summed E-state index contributed by atoms with van der Waals surface area (Å²) >= 11 is 0. The van der Waals surface area contributed by atoms with Crippen molar-refractivity contribution in [3.63, 3.8) is 0 Å². The number of hydrogen-bond donors (Lipinski definition) is 0. The summed E-state index contributed by atoms with van der Waals surface area (Å²) in [5.41, 5.74) is 7.87. The summed E-state index contributed by atoms with van der Waals surface area (Å²) in [6.45, 7) is 6.86. The molecule has 1 aliphatic carbocycles. The molecule has 5 rings (SSSR count). The van der Waals surface area contributed by atoms with E-state index in [0.717, 1.165) is 0 Å². The van der Waals surface area contributed by atoms with Gasteiger partial charge in [0.05, 0.1) is 6.04 Å². The summed E-state index contributed by atoms with van der Waals surface area (Å²) in [5.74, 6) is 0. The van der Waals surface area contributed by atoms with Gasteiger partial charge in [0.15, 0.2) is 0 Å². The molecule has 1 unspecified atom stereocenters. The topological polar surface area (TPSA) is 3.24 Å². The van der Waals surface area contributed by atoms with Crippen LogP contribution in [0, 0.1) is 0 Å². The van der Waals surface area contributed by atoms with Gasteiger partial charge in [0.25, 0.3) is 0 Å². The SMILES string of the molecule is CC1=CC2=CC(C=[Si](C)C)N(c3ccccc3)C2=C1.[Cl-].[Cl-].[Zr+3].c1ccc2[cH-]ccc2c1. The molecule has 1 atom stereocenters. The average molecular weight is 543 g/mol. The van der Waals surface area contributed by atoms with E-state index in [2.05, 4.69) is 122 Å². The number of allylic oxidation sites excluding steroid dienone is 3. The van der Waals surface area contributed by atoms with Gasteiger partial charge >= 0.3 is 26.2 Å². The largest absolute Gasteiger partial charge is 3.00 e. The van der Waals surface area contributed by atoms with Crippen molar-refractivity contribution >= 4 is 30.5 Å². The van der Waals surface area contributed by atoms with Crippen LogP contribution < -0.4 is 29.7 Å². The first-order valence-electron chi connectivity index (χ1n) is 9.84. The van der Waals surface area contributed by atoms with Crippen molar-refractivity contribution in [2.24, 2.45) is 0 Å². The molecule has 0 aromatic heterocycles. The van der Waals surface area contributed by atoms with E-state index in [0.29, 0.717) is 6.04 Å². The molecule has 1 radical (unpaired) electrons. The summed E-state index contributed by atoms with van der Waals surface area (Å²) < 4.78 is 0. The Morgan fingerprint density at radius 1 is 0.903 bits per heavy atom. The molecule has 31 heavy (non-hydrogen) atoms. The van der Waals surface area contributed by atoms with E-state index in [-0.39, 0.29) is 59.4 Å². The Balaban J connectivity index is 0.000000342. The zero-order valence-electron chi connectivity index (χ0n) is 18.0. The van der Waals surface area contributed by atoms with Crippen LogP contribution >= 0.6 is 0 Å². The fourth-order valence-corrected chi connectivity index (χ4v) is 4.78. The van der Waals surface area contributed by atoms with E-state index in [4.69, 9.17) is 0 Å². The Morgan fingerprint density at radius 3 is 2.26 bits per heavy atom. The summed E-state index contributed by atoms with van der Waals surface area (Å²) in [5, 5.41) is 2.66. The van der Waals surface area contributed by atoms with Crippen molar-refractivity contribution in [3.8, 4) is 0 Å². The third-order valence-corrected chi connectivity index (χ3v) is 6.05. The smallest absolute Gasteiger partial charge is 1.00 e. The molecule has 1 nitrogen and oxygen atoms in total. The first-order valence-corrected chi connectivity index (χ1v) is 12.4. The number of benzene rings is 2. The van der Waals surface area contributed by atoms with Crippen LogP contribution in [0.2, 0.25) is 13.1 Å². The van der Waals surface area contributed by atoms with E-state index in [1.165, 1.54) is 33.3 Å². The Hall–Kier alpha value is -1.38. The third kappa shape index (κ3) is 6.56. The van der Waals surface area contributed by atoms with Crippen LogP contribution in [0.1, 0.15) is 6.92 Å². The molecule has 3 aromatic carbocycles. The zero-order valence-corrected chi connectivity index (χ0v) is 23.0. The first-order chi connectivity index (χ1) is 13.6. The number of hydrogen-bond acceptors (Lipinski definition) is 1. The predicted octanol–water partition coefficient (Wildman–Crippen LogP) is 0.348. The van der Waals surface area contributed by atoms with Gasteiger partial charge in [0, 0.05) is 19.8 Å². The maximum atomic E-state index is 2.51. The van der Waals surface area contributed by atoms with E-state index in [1.54, 1.807) is 0 Å². The molecule has 2 aliphatic rings. The predicted molar refractivity (Wildman–Crippen MR) is 126 cm³/mol. The van der Waals surface area contributed by atoms with Gasteiger partial charge in [0.1, 0.15) is 0 Å². The number of halogens is 2. The van der Waals surface area contributed by atoms with Gasteiger partial charge in [-0.15, -0.1) is 29.7 Å². The van der Waals surface area contributed by atoms with Crippen molar-refractivity contribution in [1.29, 1.82) is 0 Å². The minimum Gasteiger partial charge on any atom is -1.00 e. The maximum Gasteiger partial charge on any atom is 3.00 e. The van der Waals surface area contributed by atoms with Crippen molar-refractivity contribution in [1.82, 2.24) is 0 Å². The molecule has 0 amide bonds. The number of nitrogens with zero attached hydrogens (tertiary/aromatic N) is 1. The monoisotopic (exact) mass is 540 g/mol. The zero-order chi connectivity index (χ0) is 19.5. The molecule has 0 N–H and O–H groups in total. The molecule has 0 bridgehead atoms. The molecule has 3 aromatic rings. The summed E-state index contributed by atoms with van der Waals surface area (Å²) in [6.07, 6.45) is 6.98. The van der Waals surface area contributed by atoms with E-state index < -0.39 is 0 Å². The van der Waals surface area contributed by atoms with Crippen LogP contribution in [0.25, 0.3) is 10.8 Å². The Labute approximate surface area is 219 Å². The van der Waals surface area contributed by atoms with Gasteiger partial charge in [-0.2, -0.15) is 17.5 Å². The van der Waals surface area contributed by atoms with E-state index >= 15 is 0 Å². The van der Waals surface area contributed by atoms with Gasteiger partial charge in [-0.1, -0.05) is 49.1 Å². The normalized spacial score (nSPS) is 15.6. The van der Waals surface area contributed by atoms with Crippen molar-refractivity contribution in [2.45, 2.75) is 26.1 Å². The van der Waals surface area contributed by atoms with Gasteiger partial charge in [-0.25, -0.2) is 0 Å². The van der Waals surface area contributed by atoms with Crippen LogP contribution in [0.15, 0.2) is 108 Å². The molecule has 0 spiro atoms. The number of para-hydroxylation sites is 1. The minimum atomic E-state index is -0.360. The molecular weight excluding hydrogens is 517 g/mol. The Bertz CT molecular complexity index is 1080. The molecule has 0 saturated carbocycles. The fraction of sp³-hybridized carbons (Fsp3) is 0.154. The Kier molecular flexibility index (Phi) is 11.2. The van der Waals surface area contributed by atoms with Gasteiger partial charge in [-0.3, -0.25) is 0 Å². The van der Waals surface area contributed by atoms with Gasteiger partial charge < -0.3 is 29.7 Å². The van der Waals surface area contributed by atoms with Crippen molar-refractivity contribution < 1.29 is 51.0 Å². The van der Waals surface area contributed by atoms with Crippen LogP contribution in [-0.4, -0.2) is 20.1 Å². The summed E-state index contributed by atoms with van der Waals surface area (Å²) in [4.78, 5) is 2.46. The van der Waals surface area contributed by atoms with Crippen molar-refractivity contribution in [2.75, 3.05) is 4.90 Å². The van der Waals surface area contributed by atoms with Crippen LogP contribution in [0.4, 0.5) is 5.69 Å². The minimum absolute atomic E-state index is 0. The molecule has 1 aliphatic heterocycles. The van der Waals surface area contributed by atoms with Gasteiger partial charge in [0.2, 0.25) is 0 Å². The molecule has 157 valence electrons. The number of fused-ring (bicyclic) bond motifs is 2. The average Bonchev–Trinajstić information content (AvgIpc) is 3.36. The molecular formula is C26H26Cl2NSiZr. The quantitative estimate of drug-likeness (QED) is 0.334. The fourth-order valence-electron chi connectivity index (χ4n) is 3.85. The number of anilines is 1. The second-order valence-electron chi connectivity index (χ2n) is 7.63. The summed E-state index contributed by atoms with van der Waals surface area (Å²) in [6, 6.07) is 25.8.